The smallest absolute Gasteiger partial charge is 0.339 e. The highest BCUT2D eigenvalue weighted by molar-refractivity contribution is 5.74. The molecule has 21 heteroatoms. The lowest BCUT2D eigenvalue weighted by Gasteiger charge is -2.46. The van der Waals surface area contributed by atoms with Gasteiger partial charge in [0.2, 0.25) is 17.7 Å². The molecule has 51 heavy (non-hydrogen) atoms. The molecule has 3 amide bonds. The summed E-state index contributed by atoms with van der Waals surface area (Å²) in [6.07, 6.45) is -12.8. The van der Waals surface area contributed by atoms with Gasteiger partial charge in [0.1, 0.15) is 42.7 Å². The Balaban J connectivity index is 1.79. The van der Waals surface area contributed by atoms with Gasteiger partial charge in [0, 0.05) is 39.5 Å². The molecule has 3 aliphatic heterocycles. The summed E-state index contributed by atoms with van der Waals surface area (Å²) in [7, 11) is 0. The van der Waals surface area contributed by atoms with E-state index in [-0.39, 0.29) is 26.4 Å². The molecule has 0 aliphatic carbocycles. The molecule has 0 aromatic rings. The van der Waals surface area contributed by atoms with Gasteiger partial charge >= 0.3 is 5.97 Å². The van der Waals surface area contributed by atoms with E-state index >= 15 is 0 Å². The van der Waals surface area contributed by atoms with E-state index in [0.717, 1.165) is 6.92 Å². The maximum absolute atomic E-state index is 12.4. The summed E-state index contributed by atoms with van der Waals surface area (Å²) in [5, 5.41) is 79.4. The molecule has 3 saturated heterocycles. The average Bonchev–Trinajstić information content (AvgIpc) is 3.06. The van der Waals surface area contributed by atoms with Crippen LogP contribution in [0.15, 0.2) is 0 Å². The number of carbonyl (C=O) groups is 4. The third-order valence-electron chi connectivity index (χ3n) is 8.87. The van der Waals surface area contributed by atoms with Crippen LogP contribution in [-0.2, 0) is 52.6 Å². The van der Waals surface area contributed by atoms with Crippen molar-refractivity contribution >= 4 is 23.7 Å². The highest BCUT2D eigenvalue weighted by Crippen LogP contribution is 2.32. The minimum absolute atomic E-state index is 0.292. The molecule has 294 valence electrons. The number of nitrogens with one attached hydrogen (secondary N) is 3. The highest BCUT2D eigenvalue weighted by atomic mass is 17.2. The zero-order chi connectivity index (χ0) is 38.0. The van der Waals surface area contributed by atoms with E-state index < -0.39 is 135 Å². The number of hydrogen-bond donors (Lipinski definition) is 10. The summed E-state index contributed by atoms with van der Waals surface area (Å²) in [6.45, 7) is 1.57. The first-order valence-corrected chi connectivity index (χ1v) is 16.4. The second-order valence-electron chi connectivity index (χ2n) is 12.7. The molecule has 21 nitrogen and oxygen atoms in total. The lowest BCUT2D eigenvalue weighted by molar-refractivity contribution is -0.338. The Hall–Kier alpha value is -2.64. The summed E-state index contributed by atoms with van der Waals surface area (Å²) >= 11 is 0. The largest absolute Gasteiger partial charge is 0.394 e. The van der Waals surface area contributed by atoms with Gasteiger partial charge in [0.15, 0.2) is 6.29 Å². The lowest BCUT2D eigenvalue weighted by Crippen LogP contribution is -2.66. The molecule has 15 atom stereocenters. The van der Waals surface area contributed by atoms with Crippen molar-refractivity contribution < 1.29 is 88.4 Å². The van der Waals surface area contributed by atoms with Crippen molar-refractivity contribution in [2.24, 2.45) is 11.8 Å². The van der Waals surface area contributed by atoms with Crippen LogP contribution in [0.5, 0.6) is 0 Å². The van der Waals surface area contributed by atoms with E-state index in [4.69, 9.17) is 33.5 Å². The van der Waals surface area contributed by atoms with Crippen LogP contribution in [0.3, 0.4) is 0 Å². The zero-order valence-corrected chi connectivity index (χ0v) is 28.7. The van der Waals surface area contributed by atoms with Crippen LogP contribution < -0.4 is 16.0 Å². The van der Waals surface area contributed by atoms with Crippen LogP contribution in [0, 0.1) is 11.8 Å². The third-order valence-corrected chi connectivity index (χ3v) is 8.87. The van der Waals surface area contributed by atoms with E-state index in [2.05, 4.69) is 16.0 Å². The van der Waals surface area contributed by atoms with Gasteiger partial charge in [-0.05, 0) is 0 Å². The van der Waals surface area contributed by atoms with Gasteiger partial charge in [0.05, 0.1) is 76.6 Å². The summed E-state index contributed by atoms with van der Waals surface area (Å²) in [5.74, 6) is -4.38. The first-order chi connectivity index (χ1) is 24.1. The van der Waals surface area contributed by atoms with Crippen LogP contribution in [0.25, 0.3) is 0 Å². The maximum atomic E-state index is 12.4. The van der Waals surface area contributed by atoms with Crippen LogP contribution in [0.4, 0.5) is 0 Å². The molecule has 3 heterocycles. The van der Waals surface area contributed by atoms with Crippen LogP contribution in [0.1, 0.15) is 27.7 Å². The van der Waals surface area contributed by atoms with E-state index in [0.29, 0.717) is 0 Å². The Morgan fingerprint density at radius 1 is 0.549 bits per heavy atom. The Morgan fingerprint density at radius 3 is 1.55 bits per heavy atom. The van der Waals surface area contributed by atoms with E-state index in [9.17, 15) is 54.9 Å². The molecule has 0 aromatic heterocycles. The van der Waals surface area contributed by atoms with Gasteiger partial charge in [-0.1, -0.05) is 0 Å². The fourth-order valence-corrected chi connectivity index (χ4v) is 6.47. The molecule has 0 aromatic carbocycles. The van der Waals surface area contributed by atoms with Crippen LogP contribution in [-0.4, -0.2) is 185 Å². The van der Waals surface area contributed by atoms with Crippen molar-refractivity contribution in [1.29, 1.82) is 0 Å². The number of hydrogen-bond acceptors (Lipinski definition) is 18. The Kier molecular flexibility index (Phi) is 16.8. The molecule has 3 fully saturated rings. The van der Waals surface area contributed by atoms with E-state index in [1.807, 2.05) is 0 Å². The van der Waals surface area contributed by atoms with Crippen molar-refractivity contribution in [2.75, 3.05) is 46.2 Å². The van der Waals surface area contributed by atoms with Gasteiger partial charge < -0.3 is 75.4 Å². The quantitative estimate of drug-likeness (QED) is 0.0520. The van der Waals surface area contributed by atoms with Crippen molar-refractivity contribution in [3.8, 4) is 0 Å². The second-order valence-corrected chi connectivity index (χ2v) is 12.7. The Morgan fingerprint density at radius 2 is 1.02 bits per heavy atom. The molecular weight excluding hydrogens is 690 g/mol. The first-order valence-electron chi connectivity index (χ1n) is 16.4. The average molecular weight is 742 g/mol. The Labute approximate surface area is 293 Å². The normalized spacial score (nSPS) is 38.4. The summed E-state index contributed by atoms with van der Waals surface area (Å²) in [6, 6.07) is -3.47. The summed E-state index contributed by atoms with van der Waals surface area (Å²) < 4.78 is 28.9. The number of amides is 3. The lowest BCUT2D eigenvalue weighted by atomic mass is 9.85. The van der Waals surface area contributed by atoms with E-state index in [1.165, 1.54) is 20.8 Å². The first kappa shape index (κ1) is 42.8. The summed E-state index contributed by atoms with van der Waals surface area (Å²) in [5.41, 5.74) is 0. The van der Waals surface area contributed by atoms with Crippen LogP contribution >= 0.6 is 0 Å². The van der Waals surface area contributed by atoms with Crippen molar-refractivity contribution in [2.45, 2.75) is 107 Å². The predicted molar refractivity (Wildman–Crippen MR) is 166 cm³/mol. The fourth-order valence-electron chi connectivity index (χ4n) is 6.47. The van der Waals surface area contributed by atoms with Gasteiger partial charge in [0.25, 0.3) is 0 Å². The van der Waals surface area contributed by atoms with Gasteiger partial charge in [-0.2, -0.15) is 4.89 Å². The van der Waals surface area contributed by atoms with E-state index in [1.54, 1.807) is 0 Å². The second kappa shape index (κ2) is 20.0. The van der Waals surface area contributed by atoms with Gasteiger partial charge in [-0.3, -0.25) is 19.3 Å². The van der Waals surface area contributed by atoms with Crippen LogP contribution in [0.2, 0.25) is 0 Å². The molecule has 0 spiro atoms. The minimum Gasteiger partial charge on any atom is -0.394 e. The number of aliphatic hydroxyl groups excluding tert-OH is 7. The molecule has 6 unspecified atom stereocenters. The molecular formula is C30H51N3O18. The number of ether oxygens (including phenoxy) is 5. The number of carbonyl (C=O) groups excluding carboxylic acids is 4. The SMILES string of the molecule is CC(=O)NC1[C@H](COC[C@H]2C(CO)O[C@@H](COC[C@@H]3C(CO)O[C@@H](O)C(NC(C)=O)[C@H]3O)C(NC(C)=O)[C@H]2OOC(C)=O)OC(CO)[C@@H](O)[C@@H]1O. The number of aliphatic hydroxyl groups is 7. The third kappa shape index (κ3) is 11.4. The molecule has 3 aliphatic rings. The topological polar surface area (TPSA) is 311 Å². The van der Waals surface area contributed by atoms with Gasteiger partial charge in [-0.15, -0.1) is 0 Å². The monoisotopic (exact) mass is 741 g/mol. The molecule has 3 rings (SSSR count). The maximum Gasteiger partial charge on any atom is 0.339 e. The van der Waals surface area contributed by atoms with Crippen molar-refractivity contribution in [3.05, 3.63) is 0 Å². The van der Waals surface area contributed by atoms with Crippen molar-refractivity contribution in [1.82, 2.24) is 16.0 Å². The van der Waals surface area contributed by atoms with Crippen molar-refractivity contribution in [3.63, 3.8) is 0 Å². The molecule has 0 radical (unpaired) electrons. The fraction of sp³-hybridized carbons (Fsp3) is 0.867. The summed E-state index contributed by atoms with van der Waals surface area (Å²) in [4.78, 5) is 57.9. The standard InChI is InChI=1S/C30H51N3O18/c1-12(37)31-23-21(48-20(7-36)27(42)28(23)43)10-46-9-17-19(6-35)47-22(24(32-13(2)38)29(17)51-50-15(4)40)11-45-8-16-18(5-34)49-30(44)25(26(16)41)33-14(3)39/h16-30,34-36,41-44H,5-11H2,1-4H3,(H,31,37)(H,32,38)(H,33,39)/t16-,17+,18?,19?,20?,21+,22+,23?,24?,25?,26+,27-,28-,29+,30-/m1/s1. The molecule has 0 bridgehead atoms. The number of rotatable bonds is 16. The Bertz CT molecular complexity index is 1150. The molecule has 0 saturated carbocycles. The predicted octanol–water partition coefficient (Wildman–Crippen LogP) is -6.06. The zero-order valence-electron chi connectivity index (χ0n) is 28.7. The van der Waals surface area contributed by atoms with Gasteiger partial charge in [-0.25, -0.2) is 4.79 Å². The minimum atomic E-state index is -1.61. The highest BCUT2D eigenvalue weighted by Gasteiger charge is 2.50. The molecule has 10 N–H and O–H groups in total.